The average Bonchev–Trinajstić information content (AvgIpc) is 3.00. The van der Waals surface area contributed by atoms with Gasteiger partial charge in [-0.3, -0.25) is 4.79 Å². The lowest BCUT2D eigenvalue weighted by Gasteiger charge is -2.11. The van der Waals surface area contributed by atoms with Crippen LogP contribution in [0.5, 0.6) is 11.5 Å². The van der Waals surface area contributed by atoms with Crippen molar-refractivity contribution in [1.82, 2.24) is 10.6 Å². The standard InChI is InChI=1S/C16H24N2O3.ClH/c1-20-14-5-7-15(8-6-14)21-11-3-10-18-16(19)12-13-4-2-9-17-13;/h5-8,13,17H,2-4,9-12H2,1H3,(H,18,19);1H. The Kier molecular flexibility index (Phi) is 8.70. The van der Waals surface area contributed by atoms with Gasteiger partial charge in [0.2, 0.25) is 5.91 Å². The van der Waals surface area contributed by atoms with Gasteiger partial charge in [-0.25, -0.2) is 0 Å². The van der Waals surface area contributed by atoms with E-state index in [0.717, 1.165) is 30.9 Å². The van der Waals surface area contributed by atoms with E-state index in [9.17, 15) is 4.79 Å². The van der Waals surface area contributed by atoms with Crippen molar-refractivity contribution in [2.75, 3.05) is 26.8 Å². The van der Waals surface area contributed by atoms with Gasteiger partial charge in [-0.15, -0.1) is 12.4 Å². The number of methoxy groups -OCH3 is 1. The second-order valence-electron chi connectivity index (χ2n) is 5.22. The number of halogens is 1. The van der Waals surface area contributed by atoms with Gasteiger partial charge in [0.15, 0.2) is 0 Å². The molecule has 1 amide bonds. The molecule has 22 heavy (non-hydrogen) atoms. The number of amides is 1. The van der Waals surface area contributed by atoms with Crippen LogP contribution in [0.25, 0.3) is 0 Å². The summed E-state index contributed by atoms with van der Waals surface area (Å²) >= 11 is 0. The van der Waals surface area contributed by atoms with Crippen molar-refractivity contribution in [3.05, 3.63) is 24.3 Å². The van der Waals surface area contributed by atoms with Crippen molar-refractivity contribution in [2.45, 2.75) is 31.7 Å². The third kappa shape index (κ3) is 6.54. The molecule has 1 atom stereocenters. The minimum atomic E-state index is 0. The van der Waals surface area contributed by atoms with Gasteiger partial charge >= 0.3 is 0 Å². The molecule has 1 aliphatic rings. The first-order chi connectivity index (χ1) is 10.3. The summed E-state index contributed by atoms with van der Waals surface area (Å²) in [5, 5.41) is 6.26. The van der Waals surface area contributed by atoms with E-state index in [1.165, 1.54) is 6.42 Å². The number of hydrogen-bond donors (Lipinski definition) is 2. The molecule has 1 heterocycles. The lowest BCUT2D eigenvalue weighted by atomic mass is 10.1. The third-order valence-corrected chi connectivity index (χ3v) is 3.57. The number of nitrogens with one attached hydrogen (secondary N) is 2. The van der Waals surface area contributed by atoms with E-state index in [-0.39, 0.29) is 18.3 Å². The third-order valence-electron chi connectivity index (χ3n) is 3.57. The molecule has 0 bridgehead atoms. The number of benzene rings is 1. The van der Waals surface area contributed by atoms with Crippen LogP contribution in [0, 0.1) is 0 Å². The van der Waals surface area contributed by atoms with Crippen LogP contribution in [0.3, 0.4) is 0 Å². The van der Waals surface area contributed by atoms with E-state index >= 15 is 0 Å². The Morgan fingerprint density at radius 1 is 1.32 bits per heavy atom. The van der Waals surface area contributed by atoms with Gasteiger partial charge in [-0.2, -0.15) is 0 Å². The first-order valence-electron chi connectivity index (χ1n) is 7.55. The molecule has 0 aliphatic carbocycles. The molecule has 2 N–H and O–H groups in total. The maximum Gasteiger partial charge on any atom is 0.221 e. The smallest absolute Gasteiger partial charge is 0.221 e. The summed E-state index contributed by atoms with van der Waals surface area (Å²) in [7, 11) is 1.64. The van der Waals surface area contributed by atoms with Crippen molar-refractivity contribution in [3.63, 3.8) is 0 Å². The van der Waals surface area contributed by atoms with Crippen LogP contribution in [0.15, 0.2) is 24.3 Å². The first kappa shape index (κ1) is 18.6. The zero-order valence-corrected chi connectivity index (χ0v) is 13.8. The summed E-state index contributed by atoms with van der Waals surface area (Å²) in [6.45, 7) is 2.28. The molecule has 1 aromatic rings. The summed E-state index contributed by atoms with van der Waals surface area (Å²) in [6.07, 6.45) is 3.66. The van der Waals surface area contributed by atoms with Crippen LogP contribution in [-0.2, 0) is 4.79 Å². The average molecular weight is 329 g/mol. The van der Waals surface area contributed by atoms with Crippen LogP contribution in [0.1, 0.15) is 25.7 Å². The summed E-state index contributed by atoms with van der Waals surface area (Å²) in [5.41, 5.74) is 0. The van der Waals surface area contributed by atoms with Gasteiger partial charge in [0, 0.05) is 19.0 Å². The topological polar surface area (TPSA) is 59.6 Å². The Hall–Kier alpha value is -1.46. The Labute approximate surface area is 138 Å². The largest absolute Gasteiger partial charge is 0.497 e. The molecule has 0 radical (unpaired) electrons. The summed E-state index contributed by atoms with van der Waals surface area (Å²) in [6, 6.07) is 7.85. The monoisotopic (exact) mass is 328 g/mol. The lowest BCUT2D eigenvalue weighted by Crippen LogP contribution is -2.32. The molecule has 5 nitrogen and oxygen atoms in total. The molecule has 1 saturated heterocycles. The minimum Gasteiger partial charge on any atom is -0.497 e. The quantitative estimate of drug-likeness (QED) is 0.718. The molecular weight excluding hydrogens is 304 g/mol. The second kappa shape index (κ2) is 10.3. The summed E-state index contributed by atoms with van der Waals surface area (Å²) in [4.78, 5) is 11.7. The molecule has 1 fully saturated rings. The Morgan fingerprint density at radius 3 is 2.68 bits per heavy atom. The molecule has 1 aliphatic heterocycles. The summed E-state index contributed by atoms with van der Waals surface area (Å²) in [5.74, 6) is 1.76. The van der Waals surface area contributed by atoms with E-state index in [1.54, 1.807) is 7.11 Å². The first-order valence-corrected chi connectivity index (χ1v) is 7.55. The number of carbonyl (C=O) groups is 1. The van der Waals surface area contributed by atoms with Gasteiger partial charge in [-0.05, 0) is 50.1 Å². The predicted molar refractivity (Wildman–Crippen MR) is 89.0 cm³/mol. The van der Waals surface area contributed by atoms with Gasteiger partial charge in [0.1, 0.15) is 11.5 Å². The van der Waals surface area contributed by atoms with E-state index in [0.29, 0.717) is 25.6 Å². The molecule has 6 heteroatoms. The fraction of sp³-hybridized carbons (Fsp3) is 0.562. The molecule has 124 valence electrons. The summed E-state index contributed by atoms with van der Waals surface area (Å²) < 4.78 is 10.7. The van der Waals surface area contributed by atoms with Crippen molar-refractivity contribution in [3.8, 4) is 11.5 Å². The molecule has 2 rings (SSSR count). The highest BCUT2D eigenvalue weighted by Crippen LogP contribution is 2.16. The van der Waals surface area contributed by atoms with Gasteiger partial charge in [0.25, 0.3) is 0 Å². The zero-order chi connectivity index (χ0) is 14.9. The van der Waals surface area contributed by atoms with Crippen LogP contribution < -0.4 is 20.1 Å². The normalized spacial score (nSPS) is 16.7. The van der Waals surface area contributed by atoms with Crippen LogP contribution >= 0.6 is 12.4 Å². The predicted octanol–water partition coefficient (Wildman–Crippen LogP) is 2.14. The van der Waals surface area contributed by atoms with Crippen LogP contribution in [0.2, 0.25) is 0 Å². The number of ether oxygens (including phenoxy) is 2. The van der Waals surface area contributed by atoms with E-state index in [4.69, 9.17) is 9.47 Å². The Morgan fingerprint density at radius 2 is 2.05 bits per heavy atom. The van der Waals surface area contributed by atoms with E-state index in [2.05, 4.69) is 10.6 Å². The molecule has 1 aromatic carbocycles. The minimum absolute atomic E-state index is 0. The number of rotatable bonds is 8. The van der Waals surface area contributed by atoms with Gasteiger partial charge in [-0.1, -0.05) is 0 Å². The molecule has 0 aromatic heterocycles. The Balaban J connectivity index is 0.00000242. The highest BCUT2D eigenvalue weighted by molar-refractivity contribution is 5.85. The van der Waals surface area contributed by atoms with Crippen molar-refractivity contribution in [2.24, 2.45) is 0 Å². The van der Waals surface area contributed by atoms with Crippen LogP contribution in [-0.4, -0.2) is 38.8 Å². The van der Waals surface area contributed by atoms with Gasteiger partial charge in [0.05, 0.1) is 13.7 Å². The number of hydrogen-bond acceptors (Lipinski definition) is 4. The van der Waals surface area contributed by atoms with Crippen molar-refractivity contribution in [1.29, 1.82) is 0 Å². The highest BCUT2D eigenvalue weighted by Gasteiger charge is 2.16. The fourth-order valence-corrected chi connectivity index (χ4v) is 2.39. The molecule has 0 spiro atoms. The van der Waals surface area contributed by atoms with Gasteiger partial charge < -0.3 is 20.1 Å². The van der Waals surface area contributed by atoms with Crippen LogP contribution in [0.4, 0.5) is 0 Å². The molecule has 1 unspecified atom stereocenters. The number of carbonyl (C=O) groups excluding carboxylic acids is 1. The molecular formula is C16H25ClN2O3. The van der Waals surface area contributed by atoms with Crippen molar-refractivity contribution < 1.29 is 14.3 Å². The highest BCUT2D eigenvalue weighted by atomic mass is 35.5. The maximum atomic E-state index is 11.7. The van der Waals surface area contributed by atoms with E-state index < -0.39 is 0 Å². The SMILES string of the molecule is COc1ccc(OCCCNC(=O)CC2CCCN2)cc1.Cl. The zero-order valence-electron chi connectivity index (χ0n) is 13.0. The lowest BCUT2D eigenvalue weighted by molar-refractivity contribution is -0.121. The maximum absolute atomic E-state index is 11.7. The van der Waals surface area contributed by atoms with E-state index in [1.807, 2.05) is 24.3 Å². The molecule has 0 saturated carbocycles. The fourth-order valence-electron chi connectivity index (χ4n) is 2.39. The second-order valence-corrected chi connectivity index (χ2v) is 5.22. The Bertz CT molecular complexity index is 434. The van der Waals surface area contributed by atoms with Crippen molar-refractivity contribution >= 4 is 18.3 Å².